The molecule has 13 heavy (non-hydrogen) atoms. The van der Waals surface area contributed by atoms with Crippen molar-refractivity contribution < 1.29 is 0 Å². The van der Waals surface area contributed by atoms with E-state index in [1.54, 1.807) is 0 Å². The predicted molar refractivity (Wildman–Crippen MR) is 58.8 cm³/mol. The lowest BCUT2D eigenvalue weighted by Gasteiger charge is -2.11. The molecule has 1 saturated carbocycles. The summed E-state index contributed by atoms with van der Waals surface area (Å²) in [5.41, 5.74) is 0.693. The van der Waals surface area contributed by atoms with E-state index in [9.17, 15) is 0 Å². The summed E-state index contributed by atoms with van der Waals surface area (Å²) in [6.07, 6.45) is 4.21. The molecule has 0 spiro atoms. The number of hydrogen-bond donors (Lipinski definition) is 1. The van der Waals surface area contributed by atoms with Gasteiger partial charge in [0, 0.05) is 0 Å². The van der Waals surface area contributed by atoms with Gasteiger partial charge in [0.2, 0.25) is 0 Å². The van der Waals surface area contributed by atoms with Gasteiger partial charge < -0.3 is 5.32 Å². The first kappa shape index (κ1) is 11.0. The summed E-state index contributed by atoms with van der Waals surface area (Å²) in [7, 11) is 0. The first-order valence-corrected chi connectivity index (χ1v) is 5.79. The highest BCUT2D eigenvalue weighted by molar-refractivity contribution is 4.99. The molecule has 1 heteroatoms. The smallest absolute Gasteiger partial charge is 0.00150 e. The van der Waals surface area contributed by atoms with Gasteiger partial charge in [-0.15, -0.1) is 0 Å². The molecule has 0 bridgehead atoms. The predicted octanol–water partition coefficient (Wildman–Crippen LogP) is 3.06. The molecule has 1 fully saturated rings. The fourth-order valence-corrected chi connectivity index (χ4v) is 2.25. The van der Waals surface area contributed by atoms with E-state index in [2.05, 4.69) is 33.0 Å². The van der Waals surface area contributed by atoms with Gasteiger partial charge in [0.15, 0.2) is 0 Å². The molecule has 2 unspecified atom stereocenters. The average Bonchev–Trinajstić information content (AvgIpc) is 2.61. The number of rotatable bonds is 6. The van der Waals surface area contributed by atoms with Crippen LogP contribution in [0.25, 0.3) is 0 Å². The third kappa shape index (κ3) is 3.30. The van der Waals surface area contributed by atoms with E-state index in [4.69, 9.17) is 0 Å². The molecule has 2 atom stereocenters. The minimum Gasteiger partial charge on any atom is -0.316 e. The van der Waals surface area contributed by atoms with Crippen LogP contribution in [-0.4, -0.2) is 13.1 Å². The van der Waals surface area contributed by atoms with Gasteiger partial charge in [-0.2, -0.15) is 0 Å². The van der Waals surface area contributed by atoms with E-state index in [1.807, 2.05) is 0 Å². The molecule has 0 amide bonds. The second-order valence-electron chi connectivity index (χ2n) is 5.36. The Hall–Kier alpha value is -0.0400. The lowest BCUT2D eigenvalue weighted by Crippen LogP contribution is -2.23. The fraction of sp³-hybridized carbons (Fsp3) is 1.00. The molecule has 0 heterocycles. The van der Waals surface area contributed by atoms with Gasteiger partial charge >= 0.3 is 0 Å². The van der Waals surface area contributed by atoms with Gasteiger partial charge in [-0.05, 0) is 43.2 Å². The van der Waals surface area contributed by atoms with Crippen molar-refractivity contribution in [3.05, 3.63) is 0 Å². The molecule has 1 aliphatic carbocycles. The minimum atomic E-state index is 0.693. The zero-order valence-corrected chi connectivity index (χ0v) is 9.69. The van der Waals surface area contributed by atoms with Crippen molar-refractivity contribution in [1.82, 2.24) is 5.32 Å². The summed E-state index contributed by atoms with van der Waals surface area (Å²) in [5, 5.41) is 3.56. The maximum Gasteiger partial charge on any atom is -0.00150 e. The molecular weight excluding hydrogens is 158 g/mol. The molecule has 1 aliphatic rings. The van der Waals surface area contributed by atoms with E-state index in [-0.39, 0.29) is 0 Å². The van der Waals surface area contributed by atoms with Crippen LogP contribution in [0.4, 0.5) is 0 Å². The average molecular weight is 183 g/mol. The molecule has 1 rings (SSSR count). The Bertz CT molecular complexity index is 153. The van der Waals surface area contributed by atoms with Crippen molar-refractivity contribution in [1.29, 1.82) is 0 Å². The van der Waals surface area contributed by atoms with E-state index in [0.29, 0.717) is 5.41 Å². The topological polar surface area (TPSA) is 12.0 Å². The Kier molecular flexibility index (Phi) is 3.78. The highest BCUT2D eigenvalue weighted by Crippen LogP contribution is 2.54. The zero-order chi connectivity index (χ0) is 9.90. The summed E-state index contributed by atoms with van der Waals surface area (Å²) in [4.78, 5) is 0. The van der Waals surface area contributed by atoms with Crippen LogP contribution in [-0.2, 0) is 0 Å². The van der Waals surface area contributed by atoms with Gasteiger partial charge in [0.25, 0.3) is 0 Å². The van der Waals surface area contributed by atoms with Gasteiger partial charge in [0.05, 0.1) is 0 Å². The molecule has 0 radical (unpaired) electrons. The fourth-order valence-electron chi connectivity index (χ4n) is 2.25. The third-order valence-corrected chi connectivity index (χ3v) is 3.30. The van der Waals surface area contributed by atoms with Crippen LogP contribution < -0.4 is 5.32 Å². The SMILES string of the molecule is CCCC1(C)CC1CNCC(C)C. The third-order valence-electron chi connectivity index (χ3n) is 3.30. The Morgan fingerprint density at radius 3 is 2.69 bits per heavy atom. The highest BCUT2D eigenvalue weighted by Gasteiger charge is 2.47. The Morgan fingerprint density at radius 2 is 2.15 bits per heavy atom. The lowest BCUT2D eigenvalue weighted by molar-refractivity contribution is 0.430. The summed E-state index contributed by atoms with van der Waals surface area (Å²) in [6, 6.07) is 0. The van der Waals surface area contributed by atoms with Crippen molar-refractivity contribution in [3.63, 3.8) is 0 Å². The molecule has 0 aromatic heterocycles. The van der Waals surface area contributed by atoms with E-state index in [1.165, 1.54) is 32.4 Å². The van der Waals surface area contributed by atoms with Crippen molar-refractivity contribution in [2.24, 2.45) is 17.3 Å². The monoisotopic (exact) mass is 183 g/mol. The molecule has 1 nitrogen and oxygen atoms in total. The standard InChI is InChI=1S/C12H25N/c1-5-6-12(4)7-11(12)9-13-8-10(2)3/h10-11,13H,5-9H2,1-4H3. The second-order valence-corrected chi connectivity index (χ2v) is 5.36. The van der Waals surface area contributed by atoms with Crippen LogP contribution in [0.3, 0.4) is 0 Å². The second kappa shape index (κ2) is 4.45. The van der Waals surface area contributed by atoms with Gasteiger partial charge in [0.1, 0.15) is 0 Å². The summed E-state index contributed by atoms with van der Waals surface area (Å²) >= 11 is 0. The summed E-state index contributed by atoms with van der Waals surface area (Å²) < 4.78 is 0. The molecule has 0 aliphatic heterocycles. The molecular formula is C12H25N. The van der Waals surface area contributed by atoms with Crippen molar-refractivity contribution in [3.8, 4) is 0 Å². The molecule has 0 saturated heterocycles. The lowest BCUT2D eigenvalue weighted by atomic mass is 10.0. The summed E-state index contributed by atoms with van der Waals surface area (Å²) in [5.74, 6) is 1.75. The quantitative estimate of drug-likeness (QED) is 0.667. The van der Waals surface area contributed by atoms with Crippen LogP contribution in [0.5, 0.6) is 0 Å². The maximum absolute atomic E-state index is 3.56. The summed E-state index contributed by atoms with van der Waals surface area (Å²) in [6.45, 7) is 11.7. The van der Waals surface area contributed by atoms with Crippen LogP contribution in [0.15, 0.2) is 0 Å². The first-order valence-electron chi connectivity index (χ1n) is 5.79. The Balaban J connectivity index is 2.06. The van der Waals surface area contributed by atoms with Crippen LogP contribution in [0.1, 0.15) is 47.0 Å². The van der Waals surface area contributed by atoms with Crippen LogP contribution >= 0.6 is 0 Å². The molecule has 1 N–H and O–H groups in total. The first-order chi connectivity index (χ1) is 6.08. The van der Waals surface area contributed by atoms with Gasteiger partial charge in [-0.25, -0.2) is 0 Å². The van der Waals surface area contributed by atoms with Crippen LogP contribution in [0, 0.1) is 17.3 Å². The largest absolute Gasteiger partial charge is 0.316 e. The normalized spacial score (nSPS) is 32.5. The van der Waals surface area contributed by atoms with E-state index < -0.39 is 0 Å². The highest BCUT2D eigenvalue weighted by atomic mass is 14.9. The van der Waals surface area contributed by atoms with E-state index >= 15 is 0 Å². The van der Waals surface area contributed by atoms with Gasteiger partial charge in [-0.3, -0.25) is 0 Å². The minimum absolute atomic E-state index is 0.693. The van der Waals surface area contributed by atoms with Crippen LogP contribution in [0.2, 0.25) is 0 Å². The van der Waals surface area contributed by atoms with E-state index in [0.717, 1.165) is 11.8 Å². The molecule has 0 aromatic carbocycles. The Labute approximate surface area is 83.3 Å². The number of hydrogen-bond acceptors (Lipinski definition) is 1. The van der Waals surface area contributed by atoms with Crippen molar-refractivity contribution in [2.75, 3.05) is 13.1 Å². The number of nitrogens with one attached hydrogen (secondary N) is 1. The van der Waals surface area contributed by atoms with Crippen molar-refractivity contribution in [2.45, 2.75) is 47.0 Å². The van der Waals surface area contributed by atoms with Gasteiger partial charge in [-0.1, -0.05) is 34.1 Å². The molecule has 0 aromatic rings. The molecule has 78 valence electrons. The zero-order valence-electron chi connectivity index (χ0n) is 9.69. The van der Waals surface area contributed by atoms with Crippen molar-refractivity contribution >= 4 is 0 Å². The Morgan fingerprint density at radius 1 is 1.46 bits per heavy atom. The maximum atomic E-state index is 3.56.